The first-order valence-corrected chi connectivity index (χ1v) is 11.6. The van der Waals surface area contributed by atoms with Crippen molar-refractivity contribution < 1.29 is 23.4 Å². The van der Waals surface area contributed by atoms with Crippen LogP contribution in [0.15, 0.2) is 51.7 Å². The molecule has 1 fully saturated rings. The molecule has 0 bridgehead atoms. The molecule has 0 aliphatic carbocycles. The summed E-state index contributed by atoms with van der Waals surface area (Å²) in [5.74, 6) is 1.34. The van der Waals surface area contributed by atoms with Crippen molar-refractivity contribution in [1.29, 1.82) is 0 Å². The largest absolute Gasteiger partial charge is 0.497 e. The number of rotatable bonds is 9. The zero-order chi connectivity index (χ0) is 24.1. The number of ether oxygens (including phenoxy) is 3. The highest BCUT2D eigenvalue weighted by molar-refractivity contribution is 5.83. The second kappa shape index (κ2) is 10.7. The molecule has 1 aromatic heterocycles. The van der Waals surface area contributed by atoms with Gasteiger partial charge in [0.15, 0.2) is 0 Å². The summed E-state index contributed by atoms with van der Waals surface area (Å²) in [6.45, 7) is 3.56. The molecule has 4 rings (SSSR count). The number of carbonyl (C=O) groups excluding carboxylic acids is 1. The molecule has 180 valence electrons. The standard InChI is InChI=1S/C27H31NO6/c1-18-22-11-10-20(31-2)15-25(22)34-27(30)23(18)12-13-26(29)28(17-21-8-6-14-33-21)16-19-7-4-5-9-24(19)32-3/h4-5,7,9-11,15,21H,6,8,12-14,16-17H2,1-3H3. The van der Waals surface area contributed by atoms with E-state index in [1.807, 2.05) is 48.2 Å². The third-order valence-corrected chi connectivity index (χ3v) is 6.44. The van der Waals surface area contributed by atoms with Crippen LogP contribution in [0.4, 0.5) is 0 Å². The lowest BCUT2D eigenvalue weighted by molar-refractivity contribution is -0.133. The van der Waals surface area contributed by atoms with E-state index < -0.39 is 5.63 Å². The summed E-state index contributed by atoms with van der Waals surface area (Å²) < 4.78 is 22.0. The Hall–Kier alpha value is -3.32. The van der Waals surface area contributed by atoms with E-state index in [9.17, 15) is 9.59 Å². The van der Waals surface area contributed by atoms with Gasteiger partial charge in [0, 0.05) is 48.7 Å². The lowest BCUT2D eigenvalue weighted by atomic mass is 10.0. The maximum atomic E-state index is 13.4. The molecule has 2 aromatic carbocycles. The summed E-state index contributed by atoms with van der Waals surface area (Å²) in [7, 11) is 3.20. The number of methoxy groups -OCH3 is 2. The summed E-state index contributed by atoms with van der Waals surface area (Å²) in [5, 5.41) is 0.841. The first kappa shape index (κ1) is 23.8. The molecule has 1 aliphatic heterocycles. The number of para-hydroxylation sites is 1. The number of amides is 1. The van der Waals surface area contributed by atoms with Gasteiger partial charge in [-0.25, -0.2) is 4.79 Å². The first-order chi connectivity index (χ1) is 16.5. The molecule has 2 heterocycles. The van der Waals surface area contributed by atoms with Gasteiger partial charge in [-0.1, -0.05) is 18.2 Å². The van der Waals surface area contributed by atoms with Crippen LogP contribution < -0.4 is 15.1 Å². The summed E-state index contributed by atoms with van der Waals surface area (Å²) in [5.41, 5.74) is 2.36. The Bertz CT molecular complexity index is 1210. The molecule has 34 heavy (non-hydrogen) atoms. The monoisotopic (exact) mass is 465 g/mol. The van der Waals surface area contributed by atoms with Crippen molar-refractivity contribution in [3.8, 4) is 11.5 Å². The zero-order valence-corrected chi connectivity index (χ0v) is 20.0. The van der Waals surface area contributed by atoms with E-state index in [0.29, 0.717) is 36.4 Å². The van der Waals surface area contributed by atoms with Gasteiger partial charge < -0.3 is 23.5 Å². The number of hydrogen-bond acceptors (Lipinski definition) is 6. The molecule has 0 radical (unpaired) electrons. The second-order valence-electron chi connectivity index (χ2n) is 8.58. The predicted molar refractivity (Wildman–Crippen MR) is 129 cm³/mol. The van der Waals surface area contributed by atoms with Gasteiger partial charge in [-0.05, 0) is 49.9 Å². The molecule has 1 saturated heterocycles. The Morgan fingerprint density at radius 1 is 1.15 bits per heavy atom. The molecule has 0 spiro atoms. The Morgan fingerprint density at radius 3 is 2.71 bits per heavy atom. The van der Waals surface area contributed by atoms with Crippen molar-refractivity contribution >= 4 is 16.9 Å². The summed E-state index contributed by atoms with van der Waals surface area (Å²) in [4.78, 5) is 27.9. The molecule has 0 saturated carbocycles. The molecule has 1 unspecified atom stereocenters. The Morgan fingerprint density at radius 2 is 1.97 bits per heavy atom. The molecule has 7 nitrogen and oxygen atoms in total. The Kier molecular flexibility index (Phi) is 7.53. The van der Waals surface area contributed by atoms with Gasteiger partial charge in [-0.15, -0.1) is 0 Å². The average molecular weight is 466 g/mol. The number of hydrogen-bond donors (Lipinski definition) is 0. The third kappa shape index (κ3) is 5.25. The molecular formula is C27H31NO6. The van der Waals surface area contributed by atoms with Gasteiger partial charge >= 0.3 is 5.63 Å². The van der Waals surface area contributed by atoms with Crippen LogP contribution >= 0.6 is 0 Å². The molecule has 7 heteroatoms. The number of fused-ring (bicyclic) bond motifs is 1. The van der Waals surface area contributed by atoms with Crippen LogP contribution in [0, 0.1) is 6.92 Å². The van der Waals surface area contributed by atoms with Gasteiger partial charge in [0.25, 0.3) is 0 Å². The van der Waals surface area contributed by atoms with Crippen LogP contribution in [0.25, 0.3) is 11.0 Å². The summed E-state index contributed by atoms with van der Waals surface area (Å²) >= 11 is 0. The van der Waals surface area contributed by atoms with Crippen molar-refractivity contribution in [3.05, 3.63) is 69.6 Å². The van der Waals surface area contributed by atoms with E-state index in [-0.39, 0.29) is 18.4 Å². The van der Waals surface area contributed by atoms with Gasteiger partial charge in [0.05, 0.1) is 20.3 Å². The van der Waals surface area contributed by atoms with E-state index in [2.05, 4.69) is 0 Å². The van der Waals surface area contributed by atoms with E-state index >= 15 is 0 Å². The SMILES string of the molecule is COc1ccc2c(C)c(CCC(=O)N(Cc3ccccc3OC)CC3CCCO3)c(=O)oc2c1. The Labute approximate surface area is 199 Å². The van der Waals surface area contributed by atoms with Crippen LogP contribution in [0.5, 0.6) is 11.5 Å². The topological polar surface area (TPSA) is 78.2 Å². The highest BCUT2D eigenvalue weighted by Crippen LogP contribution is 2.25. The third-order valence-electron chi connectivity index (χ3n) is 6.44. The summed E-state index contributed by atoms with van der Waals surface area (Å²) in [6, 6.07) is 13.1. The average Bonchev–Trinajstić information content (AvgIpc) is 3.36. The Balaban J connectivity index is 1.54. The summed E-state index contributed by atoms with van der Waals surface area (Å²) in [6.07, 6.45) is 2.48. The van der Waals surface area contributed by atoms with Gasteiger partial charge in [0.2, 0.25) is 5.91 Å². The van der Waals surface area contributed by atoms with Crippen LogP contribution in [0.3, 0.4) is 0 Å². The number of benzene rings is 2. The van der Waals surface area contributed by atoms with Crippen LogP contribution in [-0.2, 0) is 22.5 Å². The maximum absolute atomic E-state index is 13.4. The highest BCUT2D eigenvalue weighted by Gasteiger charge is 2.24. The number of carbonyl (C=O) groups is 1. The zero-order valence-electron chi connectivity index (χ0n) is 20.0. The molecule has 1 amide bonds. The van der Waals surface area contributed by atoms with Crippen LogP contribution in [0.1, 0.15) is 36.0 Å². The van der Waals surface area contributed by atoms with Crippen molar-refractivity contribution in [2.24, 2.45) is 0 Å². The van der Waals surface area contributed by atoms with Crippen LogP contribution in [0.2, 0.25) is 0 Å². The first-order valence-electron chi connectivity index (χ1n) is 11.6. The predicted octanol–water partition coefficient (Wildman–Crippen LogP) is 4.26. The van der Waals surface area contributed by atoms with Crippen LogP contribution in [-0.4, -0.2) is 44.3 Å². The minimum Gasteiger partial charge on any atom is -0.497 e. The van der Waals surface area contributed by atoms with Crippen molar-refractivity contribution in [2.45, 2.75) is 45.3 Å². The fraction of sp³-hybridized carbons (Fsp3) is 0.407. The molecule has 1 atom stereocenters. The normalized spacial score (nSPS) is 15.4. The fourth-order valence-electron chi connectivity index (χ4n) is 4.51. The maximum Gasteiger partial charge on any atom is 0.339 e. The van der Waals surface area contributed by atoms with Gasteiger partial charge in [-0.3, -0.25) is 4.79 Å². The van der Waals surface area contributed by atoms with E-state index in [4.69, 9.17) is 18.6 Å². The minimum atomic E-state index is -0.415. The smallest absolute Gasteiger partial charge is 0.339 e. The van der Waals surface area contributed by atoms with Crippen molar-refractivity contribution in [2.75, 3.05) is 27.4 Å². The van der Waals surface area contributed by atoms with Crippen molar-refractivity contribution in [1.82, 2.24) is 4.90 Å². The lowest BCUT2D eigenvalue weighted by Gasteiger charge is -2.26. The highest BCUT2D eigenvalue weighted by atomic mass is 16.5. The number of nitrogens with zero attached hydrogens (tertiary/aromatic N) is 1. The number of aryl methyl sites for hydroxylation is 1. The van der Waals surface area contributed by atoms with E-state index in [0.717, 1.165) is 41.7 Å². The fourth-order valence-corrected chi connectivity index (χ4v) is 4.51. The lowest BCUT2D eigenvalue weighted by Crippen LogP contribution is -2.37. The quantitative estimate of drug-likeness (QED) is 0.440. The molecule has 3 aromatic rings. The molecule has 1 aliphatic rings. The minimum absolute atomic E-state index is 0.0288. The van der Waals surface area contributed by atoms with Crippen molar-refractivity contribution in [3.63, 3.8) is 0 Å². The van der Waals surface area contributed by atoms with Gasteiger partial charge in [0.1, 0.15) is 17.1 Å². The van der Waals surface area contributed by atoms with E-state index in [1.165, 1.54) is 0 Å². The second-order valence-corrected chi connectivity index (χ2v) is 8.58. The molecular weight excluding hydrogens is 434 g/mol. The van der Waals surface area contributed by atoms with E-state index in [1.54, 1.807) is 20.3 Å². The van der Waals surface area contributed by atoms with Gasteiger partial charge in [-0.2, -0.15) is 0 Å². The molecule has 0 N–H and O–H groups in total.